The molecule has 1 saturated heterocycles. The third kappa shape index (κ3) is 2.10. The molecule has 1 unspecified atom stereocenters. The third-order valence-corrected chi connectivity index (χ3v) is 4.62. The van der Waals surface area contributed by atoms with E-state index in [1.54, 1.807) is 11.8 Å². The van der Waals surface area contributed by atoms with Crippen molar-refractivity contribution >= 4 is 21.8 Å². The van der Waals surface area contributed by atoms with Gasteiger partial charge in [-0.3, -0.25) is 0 Å². The second-order valence-corrected chi connectivity index (χ2v) is 5.93. The number of imidazole rings is 1. The molecule has 1 aliphatic heterocycles. The van der Waals surface area contributed by atoms with E-state index in [9.17, 15) is 8.42 Å². The first kappa shape index (κ1) is 10.0. The van der Waals surface area contributed by atoms with Gasteiger partial charge >= 0.3 is 0 Å². The monoisotopic (exact) mass is 233 g/mol. The van der Waals surface area contributed by atoms with Gasteiger partial charge in [-0.2, -0.15) is 11.8 Å². The van der Waals surface area contributed by atoms with Crippen LogP contribution in [-0.2, 0) is 10.0 Å². The van der Waals surface area contributed by atoms with E-state index in [-0.39, 0.29) is 11.1 Å². The van der Waals surface area contributed by atoms with Gasteiger partial charge in [0.1, 0.15) is 0 Å². The summed E-state index contributed by atoms with van der Waals surface area (Å²) < 4.78 is 26.0. The highest BCUT2D eigenvalue weighted by Crippen LogP contribution is 2.18. The van der Waals surface area contributed by atoms with Crippen LogP contribution < -0.4 is 4.72 Å². The van der Waals surface area contributed by atoms with E-state index in [4.69, 9.17) is 0 Å². The summed E-state index contributed by atoms with van der Waals surface area (Å²) in [6, 6.07) is 0.0632. The molecule has 2 heterocycles. The third-order valence-electron chi connectivity index (χ3n) is 2.01. The Labute approximate surface area is 86.7 Å². The van der Waals surface area contributed by atoms with Crippen molar-refractivity contribution in [1.82, 2.24) is 14.7 Å². The van der Waals surface area contributed by atoms with E-state index in [1.165, 1.54) is 12.5 Å². The summed E-state index contributed by atoms with van der Waals surface area (Å²) in [5.41, 5.74) is 0. The summed E-state index contributed by atoms with van der Waals surface area (Å²) in [6.45, 7) is 0. The number of aromatic nitrogens is 2. The molecule has 14 heavy (non-hydrogen) atoms. The van der Waals surface area contributed by atoms with E-state index in [0.717, 1.165) is 17.9 Å². The van der Waals surface area contributed by atoms with Gasteiger partial charge in [-0.15, -0.1) is 0 Å². The van der Waals surface area contributed by atoms with Crippen LogP contribution >= 0.6 is 11.8 Å². The quantitative estimate of drug-likeness (QED) is 0.781. The van der Waals surface area contributed by atoms with Crippen molar-refractivity contribution in [2.75, 3.05) is 11.5 Å². The molecular weight excluding hydrogens is 222 g/mol. The summed E-state index contributed by atoms with van der Waals surface area (Å²) in [5, 5.41) is 0.134. The molecule has 1 aromatic heterocycles. The number of thioether (sulfide) groups is 1. The Kier molecular flexibility index (Phi) is 2.80. The minimum Gasteiger partial charge on any atom is -0.335 e. The Morgan fingerprint density at radius 3 is 3.07 bits per heavy atom. The number of nitrogens with one attached hydrogen (secondary N) is 2. The number of nitrogens with zero attached hydrogens (tertiary/aromatic N) is 1. The van der Waals surface area contributed by atoms with Crippen molar-refractivity contribution in [2.45, 2.75) is 17.5 Å². The highest BCUT2D eigenvalue weighted by Gasteiger charge is 2.23. The zero-order valence-corrected chi connectivity index (χ0v) is 9.07. The van der Waals surface area contributed by atoms with E-state index >= 15 is 0 Å². The SMILES string of the molecule is O=S(=O)(NC1CCSC1)c1cnc[nH]1. The average molecular weight is 233 g/mol. The summed E-state index contributed by atoms with van der Waals surface area (Å²) in [6.07, 6.45) is 3.57. The highest BCUT2D eigenvalue weighted by molar-refractivity contribution is 7.99. The van der Waals surface area contributed by atoms with Crippen molar-refractivity contribution in [3.05, 3.63) is 12.5 Å². The van der Waals surface area contributed by atoms with Gasteiger partial charge in [0.2, 0.25) is 0 Å². The number of sulfonamides is 1. The van der Waals surface area contributed by atoms with Crippen LogP contribution in [0, 0.1) is 0 Å². The fraction of sp³-hybridized carbons (Fsp3) is 0.571. The van der Waals surface area contributed by atoms with Crippen LogP contribution in [0.4, 0.5) is 0 Å². The number of hydrogen-bond acceptors (Lipinski definition) is 4. The fourth-order valence-electron chi connectivity index (χ4n) is 1.30. The smallest absolute Gasteiger partial charge is 0.257 e. The van der Waals surface area contributed by atoms with Gasteiger partial charge in [-0.05, 0) is 12.2 Å². The summed E-state index contributed by atoms with van der Waals surface area (Å²) >= 11 is 1.77. The maximum atomic E-state index is 11.7. The lowest BCUT2D eigenvalue weighted by molar-refractivity contribution is 0.560. The predicted octanol–water partition coefficient (Wildman–Crippen LogP) is 0.194. The highest BCUT2D eigenvalue weighted by atomic mass is 32.2. The Morgan fingerprint density at radius 1 is 1.64 bits per heavy atom. The maximum Gasteiger partial charge on any atom is 0.257 e. The maximum absolute atomic E-state index is 11.7. The van der Waals surface area contributed by atoms with Crippen molar-refractivity contribution in [1.29, 1.82) is 0 Å². The average Bonchev–Trinajstić information content (AvgIpc) is 2.71. The zero-order chi connectivity index (χ0) is 10.0. The largest absolute Gasteiger partial charge is 0.335 e. The molecule has 1 aromatic rings. The van der Waals surface area contributed by atoms with Crippen molar-refractivity contribution < 1.29 is 8.42 Å². The van der Waals surface area contributed by atoms with Crippen LogP contribution in [0.5, 0.6) is 0 Å². The summed E-state index contributed by atoms with van der Waals surface area (Å²) in [4.78, 5) is 6.27. The minimum absolute atomic E-state index is 0.0632. The normalized spacial score (nSPS) is 22.7. The first-order chi connectivity index (χ1) is 6.68. The molecule has 0 spiro atoms. The lowest BCUT2D eigenvalue weighted by Crippen LogP contribution is -2.34. The molecule has 78 valence electrons. The van der Waals surface area contributed by atoms with Crippen LogP contribution in [0.1, 0.15) is 6.42 Å². The lowest BCUT2D eigenvalue weighted by Gasteiger charge is -2.09. The van der Waals surface area contributed by atoms with Crippen LogP contribution in [-0.4, -0.2) is 35.9 Å². The molecule has 2 N–H and O–H groups in total. The predicted molar refractivity (Wildman–Crippen MR) is 54.6 cm³/mol. The molecule has 1 atom stereocenters. The Bertz CT molecular complexity index is 381. The van der Waals surface area contributed by atoms with Gasteiger partial charge in [0.05, 0.1) is 12.5 Å². The molecule has 0 bridgehead atoms. The molecule has 0 radical (unpaired) electrons. The molecule has 0 aliphatic carbocycles. The van der Waals surface area contributed by atoms with E-state index in [0.29, 0.717) is 0 Å². The topological polar surface area (TPSA) is 74.8 Å². The van der Waals surface area contributed by atoms with E-state index in [1.807, 2.05) is 0 Å². The summed E-state index contributed by atoms with van der Waals surface area (Å²) in [5.74, 6) is 1.88. The molecule has 2 rings (SSSR count). The standard InChI is InChI=1S/C7H11N3O2S2/c11-14(12,7-3-8-5-9-7)10-6-1-2-13-4-6/h3,5-6,10H,1-2,4H2,(H,8,9). The molecule has 0 saturated carbocycles. The van der Waals surface area contributed by atoms with Crippen LogP contribution in [0.15, 0.2) is 17.6 Å². The van der Waals surface area contributed by atoms with Crippen LogP contribution in [0.3, 0.4) is 0 Å². The van der Waals surface area contributed by atoms with Crippen LogP contribution in [0.25, 0.3) is 0 Å². The van der Waals surface area contributed by atoms with E-state index in [2.05, 4.69) is 14.7 Å². The molecule has 5 nitrogen and oxygen atoms in total. The van der Waals surface area contributed by atoms with E-state index < -0.39 is 10.0 Å². The van der Waals surface area contributed by atoms with Gasteiger partial charge < -0.3 is 4.98 Å². The number of H-pyrrole nitrogens is 1. The molecule has 0 amide bonds. The molecule has 7 heteroatoms. The Hall–Kier alpha value is -0.530. The summed E-state index contributed by atoms with van der Waals surface area (Å²) in [7, 11) is -3.38. The Morgan fingerprint density at radius 2 is 2.50 bits per heavy atom. The second kappa shape index (κ2) is 3.92. The molecule has 0 aromatic carbocycles. The number of rotatable bonds is 3. The van der Waals surface area contributed by atoms with Gasteiger partial charge in [-0.25, -0.2) is 18.1 Å². The number of aromatic amines is 1. The first-order valence-corrected chi connectivity index (χ1v) is 6.91. The van der Waals surface area contributed by atoms with Gasteiger partial charge in [-0.1, -0.05) is 0 Å². The van der Waals surface area contributed by atoms with Crippen molar-refractivity contribution in [2.24, 2.45) is 0 Å². The van der Waals surface area contributed by atoms with Gasteiger partial charge in [0, 0.05) is 11.8 Å². The first-order valence-electron chi connectivity index (χ1n) is 4.27. The van der Waals surface area contributed by atoms with Crippen LogP contribution in [0.2, 0.25) is 0 Å². The lowest BCUT2D eigenvalue weighted by atomic mass is 10.3. The van der Waals surface area contributed by atoms with Gasteiger partial charge in [0.25, 0.3) is 10.0 Å². The van der Waals surface area contributed by atoms with Crippen molar-refractivity contribution in [3.63, 3.8) is 0 Å². The molecule has 1 aliphatic rings. The minimum atomic E-state index is -3.38. The van der Waals surface area contributed by atoms with Gasteiger partial charge in [0.15, 0.2) is 5.03 Å². The Balaban J connectivity index is 2.09. The molecule has 1 fully saturated rings. The zero-order valence-electron chi connectivity index (χ0n) is 7.43. The molecular formula is C7H11N3O2S2. The van der Waals surface area contributed by atoms with Crippen molar-refractivity contribution in [3.8, 4) is 0 Å². The number of hydrogen-bond donors (Lipinski definition) is 2. The fourth-order valence-corrected chi connectivity index (χ4v) is 3.73. The second-order valence-electron chi connectivity index (χ2n) is 3.10.